The van der Waals surface area contributed by atoms with Gasteiger partial charge >= 0.3 is 6.09 Å². The lowest BCUT2D eigenvalue weighted by atomic mass is 9.74. The molecule has 21 heavy (non-hydrogen) atoms. The van der Waals surface area contributed by atoms with Crippen LogP contribution in [0.25, 0.3) is 0 Å². The van der Waals surface area contributed by atoms with Crippen LogP contribution in [0.5, 0.6) is 0 Å². The quantitative estimate of drug-likeness (QED) is 0.768. The molecule has 2 bridgehead atoms. The van der Waals surface area contributed by atoms with Crippen molar-refractivity contribution < 1.29 is 9.53 Å². The second-order valence-corrected chi connectivity index (χ2v) is 8.45. The highest BCUT2D eigenvalue weighted by atomic mass is 32.2. The molecule has 0 aromatic heterocycles. The number of carbonyl (C=O) groups is 1. The second kappa shape index (κ2) is 6.39. The fourth-order valence-corrected chi connectivity index (χ4v) is 6.41. The standard InChI is InChI=1S/C17H29NO2S/c1-3-17(4-2,14-12-13-8-9-15(14)21-13)20-16(19)18-10-6-5-7-11-18/h13-15H,3-12H2,1-2H3. The van der Waals surface area contributed by atoms with Crippen molar-refractivity contribution in [3.8, 4) is 0 Å². The molecule has 3 atom stereocenters. The number of hydrogen-bond acceptors (Lipinski definition) is 3. The van der Waals surface area contributed by atoms with E-state index in [1.54, 1.807) is 0 Å². The molecule has 120 valence electrons. The van der Waals surface area contributed by atoms with Crippen molar-refractivity contribution in [2.24, 2.45) is 5.92 Å². The summed E-state index contributed by atoms with van der Waals surface area (Å²) >= 11 is 2.15. The number of amides is 1. The molecule has 0 N–H and O–H groups in total. The van der Waals surface area contributed by atoms with Crippen molar-refractivity contribution in [1.29, 1.82) is 0 Å². The Morgan fingerprint density at radius 1 is 1.19 bits per heavy atom. The van der Waals surface area contributed by atoms with E-state index in [1.807, 2.05) is 4.90 Å². The minimum absolute atomic E-state index is 0.0498. The van der Waals surface area contributed by atoms with E-state index in [0.717, 1.165) is 49.3 Å². The Hall–Kier alpha value is -0.380. The fraction of sp³-hybridized carbons (Fsp3) is 0.941. The van der Waals surface area contributed by atoms with E-state index in [2.05, 4.69) is 25.6 Å². The van der Waals surface area contributed by atoms with Gasteiger partial charge in [-0.3, -0.25) is 0 Å². The molecule has 0 aromatic rings. The van der Waals surface area contributed by atoms with Gasteiger partial charge < -0.3 is 9.64 Å². The zero-order chi connectivity index (χ0) is 14.9. The number of carbonyl (C=O) groups excluding carboxylic acids is 1. The molecule has 0 radical (unpaired) electrons. The molecule has 3 nitrogen and oxygen atoms in total. The molecule has 3 aliphatic heterocycles. The van der Waals surface area contributed by atoms with Crippen LogP contribution in [0, 0.1) is 5.92 Å². The van der Waals surface area contributed by atoms with Gasteiger partial charge in [0.1, 0.15) is 5.60 Å². The Bertz CT molecular complexity index is 377. The van der Waals surface area contributed by atoms with E-state index in [1.165, 1.54) is 25.7 Å². The van der Waals surface area contributed by atoms with Crippen LogP contribution in [0.2, 0.25) is 0 Å². The Labute approximate surface area is 133 Å². The van der Waals surface area contributed by atoms with Crippen LogP contribution in [0.15, 0.2) is 0 Å². The van der Waals surface area contributed by atoms with E-state index in [9.17, 15) is 4.79 Å². The van der Waals surface area contributed by atoms with Gasteiger partial charge in [0.15, 0.2) is 0 Å². The van der Waals surface area contributed by atoms with Gasteiger partial charge in [0.2, 0.25) is 0 Å². The van der Waals surface area contributed by atoms with Crippen molar-refractivity contribution in [2.45, 2.75) is 81.3 Å². The third-order valence-corrected chi connectivity index (χ3v) is 7.61. The average Bonchev–Trinajstić information content (AvgIpc) is 3.16. The first-order valence-corrected chi connectivity index (χ1v) is 9.76. The van der Waals surface area contributed by atoms with Crippen molar-refractivity contribution in [3.05, 3.63) is 0 Å². The summed E-state index contributed by atoms with van der Waals surface area (Å²) in [6, 6.07) is 0. The van der Waals surface area contributed by atoms with Gasteiger partial charge in [0.25, 0.3) is 0 Å². The Kier molecular flexibility index (Phi) is 4.72. The van der Waals surface area contributed by atoms with Crippen molar-refractivity contribution in [3.63, 3.8) is 0 Å². The van der Waals surface area contributed by atoms with Gasteiger partial charge in [-0.1, -0.05) is 13.8 Å². The molecule has 0 aliphatic carbocycles. The minimum Gasteiger partial charge on any atom is -0.442 e. The summed E-state index contributed by atoms with van der Waals surface area (Å²) in [4.78, 5) is 14.5. The molecule has 3 saturated heterocycles. The molecule has 1 amide bonds. The maximum Gasteiger partial charge on any atom is 0.410 e. The number of thioether (sulfide) groups is 1. The summed E-state index contributed by atoms with van der Waals surface area (Å²) in [5.74, 6) is 0.574. The van der Waals surface area contributed by atoms with Crippen LogP contribution >= 0.6 is 11.8 Å². The summed E-state index contributed by atoms with van der Waals surface area (Å²) in [7, 11) is 0. The first kappa shape index (κ1) is 15.5. The highest BCUT2D eigenvalue weighted by Crippen LogP contribution is 2.55. The van der Waals surface area contributed by atoms with Crippen LogP contribution < -0.4 is 0 Å². The van der Waals surface area contributed by atoms with Crippen molar-refractivity contribution in [1.82, 2.24) is 4.90 Å². The summed E-state index contributed by atoms with van der Waals surface area (Å²) in [5, 5.41) is 1.55. The third-order valence-electron chi connectivity index (χ3n) is 5.88. The molecule has 4 heteroatoms. The maximum absolute atomic E-state index is 12.6. The summed E-state index contributed by atoms with van der Waals surface area (Å²) in [5.41, 5.74) is -0.221. The van der Waals surface area contributed by atoms with Crippen LogP contribution in [-0.4, -0.2) is 40.2 Å². The number of piperidine rings is 1. The number of ether oxygens (including phenoxy) is 1. The average molecular weight is 311 g/mol. The highest BCUT2D eigenvalue weighted by molar-refractivity contribution is 8.01. The lowest BCUT2D eigenvalue weighted by molar-refractivity contribution is -0.0609. The third kappa shape index (κ3) is 2.93. The van der Waals surface area contributed by atoms with Gasteiger partial charge in [-0.05, 0) is 51.4 Å². The predicted molar refractivity (Wildman–Crippen MR) is 87.7 cm³/mol. The van der Waals surface area contributed by atoms with Crippen LogP contribution in [0.3, 0.4) is 0 Å². The molecule has 0 spiro atoms. The van der Waals surface area contributed by atoms with E-state index in [-0.39, 0.29) is 11.7 Å². The van der Waals surface area contributed by atoms with E-state index < -0.39 is 0 Å². The Morgan fingerprint density at radius 2 is 1.90 bits per heavy atom. The van der Waals surface area contributed by atoms with E-state index >= 15 is 0 Å². The molecule has 3 unspecified atom stereocenters. The first-order valence-electron chi connectivity index (χ1n) is 8.82. The van der Waals surface area contributed by atoms with E-state index in [4.69, 9.17) is 4.74 Å². The van der Waals surface area contributed by atoms with Gasteiger partial charge in [0.05, 0.1) is 0 Å². The molecule has 3 fully saturated rings. The van der Waals surface area contributed by atoms with Gasteiger partial charge in [-0.15, -0.1) is 0 Å². The zero-order valence-corrected chi connectivity index (χ0v) is 14.3. The molecule has 0 saturated carbocycles. The second-order valence-electron chi connectivity index (χ2n) is 6.90. The number of hydrogen-bond donors (Lipinski definition) is 0. The normalized spacial score (nSPS) is 32.5. The Morgan fingerprint density at radius 3 is 2.43 bits per heavy atom. The SMILES string of the molecule is CCC(CC)(OC(=O)N1CCCCC1)C1CC2CCC1S2. The number of nitrogens with zero attached hydrogens (tertiary/aromatic N) is 1. The van der Waals surface area contributed by atoms with E-state index in [0.29, 0.717) is 5.92 Å². The van der Waals surface area contributed by atoms with Gasteiger partial charge in [0, 0.05) is 29.5 Å². The predicted octanol–water partition coefficient (Wildman–Crippen LogP) is 4.45. The lowest BCUT2D eigenvalue weighted by Gasteiger charge is -2.42. The monoisotopic (exact) mass is 311 g/mol. The zero-order valence-electron chi connectivity index (χ0n) is 13.5. The number of rotatable bonds is 4. The van der Waals surface area contributed by atoms with Crippen LogP contribution in [0.1, 0.15) is 65.2 Å². The van der Waals surface area contributed by atoms with Gasteiger partial charge in [-0.25, -0.2) is 4.79 Å². The summed E-state index contributed by atoms with van der Waals surface area (Å²) in [6.45, 7) is 6.16. The molecular weight excluding hydrogens is 282 g/mol. The Balaban J connectivity index is 1.69. The summed E-state index contributed by atoms with van der Waals surface area (Å²) < 4.78 is 6.19. The lowest BCUT2D eigenvalue weighted by Crippen LogP contribution is -2.49. The molecule has 0 aromatic carbocycles. The van der Waals surface area contributed by atoms with Crippen LogP contribution in [-0.2, 0) is 4.74 Å². The smallest absolute Gasteiger partial charge is 0.410 e. The van der Waals surface area contributed by atoms with Gasteiger partial charge in [-0.2, -0.15) is 11.8 Å². The number of likely N-dealkylation sites (tertiary alicyclic amines) is 1. The largest absolute Gasteiger partial charge is 0.442 e. The topological polar surface area (TPSA) is 29.5 Å². The number of fused-ring (bicyclic) bond motifs is 2. The first-order chi connectivity index (χ1) is 10.2. The minimum atomic E-state index is -0.221. The molecule has 3 heterocycles. The maximum atomic E-state index is 12.6. The molecular formula is C17H29NO2S. The fourth-order valence-electron chi connectivity index (χ4n) is 4.50. The highest BCUT2D eigenvalue weighted by Gasteiger charge is 2.52. The molecule has 3 aliphatic rings. The molecule has 3 rings (SSSR count). The van der Waals surface area contributed by atoms with Crippen LogP contribution in [0.4, 0.5) is 4.79 Å². The summed E-state index contributed by atoms with van der Waals surface area (Å²) in [6.07, 6.45) is 9.32. The van der Waals surface area contributed by atoms with Crippen molar-refractivity contribution in [2.75, 3.05) is 13.1 Å². The van der Waals surface area contributed by atoms with Crippen molar-refractivity contribution >= 4 is 17.9 Å².